The first-order valence-electron chi connectivity index (χ1n) is 9.86. The zero-order valence-corrected chi connectivity index (χ0v) is 16.3. The van der Waals surface area contributed by atoms with Gasteiger partial charge in [-0.25, -0.2) is 0 Å². The Balaban J connectivity index is 3.07. The standard InChI is InChI=1S/C20H40OS/c1-4-5-6-7-8-9-10-11-12-13-14-15-16-17-18-20(22)21-19(2)3/h19H,4-18H2,1-3H3. The van der Waals surface area contributed by atoms with Crippen LogP contribution in [0.1, 0.15) is 117 Å². The lowest BCUT2D eigenvalue weighted by atomic mass is 10.0. The van der Waals surface area contributed by atoms with Gasteiger partial charge in [0.15, 0.2) is 5.05 Å². The molecule has 0 spiro atoms. The molecule has 0 bridgehead atoms. The van der Waals surface area contributed by atoms with Crippen LogP contribution >= 0.6 is 12.2 Å². The van der Waals surface area contributed by atoms with Crippen LogP contribution in [0, 0.1) is 0 Å². The molecule has 0 atom stereocenters. The lowest BCUT2D eigenvalue weighted by Crippen LogP contribution is -2.08. The van der Waals surface area contributed by atoms with Crippen molar-refractivity contribution >= 4 is 17.3 Å². The molecule has 132 valence electrons. The summed E-state index contributed by atoms with van der Waals surface area (Å²) in [7, 11) is 0. The average Bonchev–Trinajstić information content (AvgIpc) is 2.47. The first kappa shape index (κ1) is 21.9. The zero-order chi connectivity index (χ0) is 16.5. The molecule has 0 aromatic heterocycles. The second-order valence-corrected chi connectivity index (χ2v) is 7.34. The quantitative estimate of drug-likeness (QED) is 0.213. The highest BCUT2D eigenvalue weighted by atomic mass is 32.1. The Morgan fingerprint density at radius 1 is 0.682 bits per heavy atom. The van der Waals surface area contributed by atoms with Crippen LogP contribution in [0.3, 0.4) is 0 Å². The summed E-state index contributed by atoms with van der Waals surface area (Å²) in [6.45, 7) is 6.36. The van der Waals surface area contributed by atoms with E-state index < -0.39 is 0 Å². The Morgan fingerprint density at radius 3 is 1.41 bits per heavy atom. The fraction of sp³-hybridized carbons (Fsp3) is 0.950. The Labute approximate surface area is 145 Å². The minimum absolute atomic E-state index is 0.235. The van der Waals surface area contributed by atoms with E-state index in [9.17, 15) is 0 Å². The van der Waals surface area contributed by atoms with E-state index in [0.717, 1.165) is 11.5 Å². The molecule has 0 heterocycles. The Bertz CT molecular complexity index is 238. The zero-order valence-electron chi connectivity index (χ0n) is 15.5. The van der Waals surface area contributed by atoms with Gasteiger partial charge < -0.3 is 4.74 Å². The molecule has 0 amide bonds. The molecule has 0 aliphatic carbocycles. The first-order chi connectivity index (χ1) is 10.7. The molecule has 0 fully saturated rings. The fourth-order valence-electron chi connectivity index (χ4n) is 2.79. The van der Waals surface area contributed by atoms with Gasteiger partial charge in [-0.15, -0.1) is 0 Å². The van der Waals surface area contributed by atoms with Crippen LogP contribution in [0.2, 0.25) is 0 Å². The van der Waals surface area contributed by atoms with Gasteiger partial charge in [-0.2, -0.15) is 0 Å². The van der Waals surface area contributed by atoms with E-state index in [1.54, 1.807) is 0 Å². The topological polar surface area (TPSA) is 9.23 Å². The van der Waals surface area contributed by atoms with E-state index in [1.165, 1.54) is 89.9 Å². The molecule has 2 heteroatoms. The lowest BCUT2D eigenvalue weighted by molar-refractivity contribution is 0.228. The highest BCUT2D eigenvalue weighted by Gasteiger charge is 2.00. The maximum atomic E-state index is 5.50. The molecule has 0 aromatic rings. The van der Waals surface area contributed by atoms with Crippen molar-refractivity contribution in [1.29, 1.82) is 0 Å². The maximum Gasteiger partial charge on any atom is 0.160 e. The molecule has 0 radical (unpaired) electrons. The average molecular weight is 329 g/mol. The third kappa shape index (κ3) is 17.9. The first-order valence-corrected chi connectivity index (χ1v) is 10.3. The number of hydrogen-bond acceptors (Lipinski definition) is 2. The molecule has 0 N–H and O–H groups in total. The predicted octanol–water partition coefficient (Wildman–Crippen LogP) is 7.61. The van der Waals surface area contributed by atoms with Gasteiger partial charge in [0.05, 0.1) is 6.10 Å². The SMILES string of the molecule is CCCCCCCCCCCCCCCCC(=S)OC(C)C. The number of unbranched alkanes of at least 4 members (excludes halogenated alkanes) is 13. The molecule has 0 aliphatic heterocycles. The van der Waals surface area contributed by atoms with E-state index in [0.29, 0.717) is 0 Å². The van der Waals surface area contributed by atoms with Crippen LogP contribution < -0.4 is 0 Å². The summed E-state index contributed by atoms with van der Waals surface area (Å²) in [5.74, 6) is 0. The number of ether oxygens (including phenoxy) is 1. The van der Waals surface area contributed by atoms with E-state index >= 15 is 0 Å². The van der Waals surface area contributed by atoms with Gasteiger partial charge in [0.1, 0.15) is 0 Å². The monoisotopic (exact) mass is 328 g/mol. The van der Waals surface area contributed by atoms with Crippen molar-refractivity contribution in [3.63, 3.8) is 0 Å². The van der Waals surface area contributed by atoms with Gasteiger partial charge in [-0.1, -0.05) is 90.4 Å². The van der Waals surface area contributed by atoms with Crippen molar-refractivity contribution in [2.45, 2.75) is 123 Å². The fourth-order valence-corrected chi connectivity index (χ4v) is 3.12. The van der Waals surface area contributed by atoms with Gasteiger partial charge in [-0.3, -0.25) is 0 Å². The summed E-state index contributed by atoms with van der Waals surface area (Å²) < 4.78 is 5.50. The predicted molar refractivity (Wildman–Crippen MR) is 104 cm³/mol. The Kier molecular flexibility index (Phi) is 17.2. The summed E-state index contributed by atoms with van der Waals surface area (Å²) in [4.78, 5) is 0. The third-order valence-electron chi connectivity index (χ3n) is 4.10. The molecule has 0 aromatic carbocycles. The van der Waals surface area contributed by atoms with Crippen LogP contribution in [0.25, 0.3) is 0 Å². The van der Waals surface area contributed by atoms with E-state index in [2.05, 4.69) is 6.92 Å². The molecule has 0 saturated heterocycles. The normalized spacial score (nSPS) is 11.1. The Morgan fingerprint density at radius 2 is 1.05 bits per heavy atom. The number of thiocarbonyl (C=S) groups is 1. The molecule has 0 rings (SSSR count). The minimum atomic E-state index is 0.235. The van der Waals surface area contributed by atoms with Gasteiger partial charge in [0.2, 0.25) is 0 Å². The largest absolute Gasteiger partial charge is 0.484 e. The van der Waals surface area contributed by atoms with Crippen molar-refractivity contribution in [3.8, 4) is 0 Å². The molecule has 0 aliphatic rings. The summed E-state index contributed by atoms with van der Waals surface area (Å²) in [5.41, 5.74) is 0. The van der Waals surface area contributed by atoms with Crippen LogP contribution in [0.5, 0.6) is 0 Å². The van der Waals surface area contributed by atoms with Crippen LogP contribution in [0.4, 0.5) is 0 Å². The smallest absolute Gasteiger partial charge is 0.160 e. The molecule has 0 saturated carbocycles. The van der Waals surface area contributed by atoms with E-state index in [-0.39, 0.29) is 6.10 Å². The highest BCUT2D eigenvalue weighted by Crippen LogP contribution is 2.13. The van der Waals surface area contributed by atoms with Gasteiger partial charge in [0, 0.05) is 6.42 Å². The Hall–Kier alpha value is -0.110. The van der Waals surface area contributed by atoms with Crippen LogP contribution in [-0.2, 0) is 4.74 Å². The summed E-state index contributed by atoms with van der Waals surface area (Å²) in [5, 5.41) is 0.800. The maximum absolute atomic E-state index is 5.50. The summed E-state index contributed by atoms with van der Waals surface area (Å²) >= 11 is 5.20. The molecule has 22 heavy (non-hydrogen) atoms. The summed E-state index contributed by atoms with van der Waals surface area (Å²) in [6, 6.07) is 0. The highest BCUT2D eigenvalue weighted by molar-refractivity contribution is 7.80. The van der Waals surface area contributed by atoms with Gasteiger partial charge in [0.25, 0.3) is 0 Å². The van der Waals surface area contributed by atoms with E-state index in [4.69, 9.17) is 17.0 Å². The van der Waals surface area contributed by atoms with Crippen molar-refractivity contribution in [1.82, 2.24) is 0 Å². The van der Waals surface area contributed by atoms with Gasteiger partial charge in [-0.05, 0) is 32.5 Å². The van der Waals surface area contributed by atoms with Crippen molar-refractivity contribution in [2.24, 2.45) is 0 Å². The third-order valence-corrected chi connectivity index (χ3v) is 4.40. The molecule has 1 nitrogen and oxygen atoms in total. The minimum Gasteiger partial charge on any atom is -0.484 e. The van der Waals surface area contributed by atoms with Gasteiger partial charge >= 0.3 is 0 Å². The lowest BCUT2D eigenvalue weighted by Gasteiger charge is -2.10. The molecular formula is C20H40OS. The van der Waals surface area contributed by atoms with Crippen LogP contribution in [0.15, 0.2) is 0 Å². The molecular weight excluding hydrogens is 288 g/mol. The summed E-state index contributed by atoms with van der Waals surface area (Å²) in [6.07, 6.45) is 20.8. The van der Waals surface area contributed by atoms with Crippen molar-refractivity contribution < 1.29 is 4.74 Å². The van der Waals surface area contributed by atoms with Crippen LogP contribution in [-0.4, -0.2) is 11.2 Å². The van der Waals surface area contributed by atoms with Crippen molar-refractivity contribution in [3.05, 3.63) is 0 Å². The second-order valence-electron chi connectivity index (χ2n) is 6.88. The number of hydrogen-bond donors (Lipinski definition) is 0. The van der Waals surface area contributed by atoms with Crippen molar-refractivity contribution in [2.75, 3.05) is 0 Å². The number of rotatable bonds is 16. The van der Waals surface area contributed by atoms with E-state index in [1.807, 2.05) is 13.8 Å². The second kappa shape index (κ2) is 17.2. The molecule has 0 unspecified atom stereocenters.